The molecule has 12 heteroatoms. The third-order valence-electron chi connectivity index (χ3n) is 2.92. The number of aromatic nitrogens is 6. The predicted molar refractivity (Wildman–Crippen MR) is 92.5 cm³/mol. The fourth-order valence-corrected chi connectivity index (χ4v) is 2.86. The van der Waals surface area contributed by atoms with E-state index < -0.39 is 0 Å². The molecule has 0 saturated carbocycles. The molecule has 0 fully saturated rings. The van der Waals surface area contributed by atoms with Crippen LogP contribution in [-0.2, 0) is 11.8 Å². The van der Waals surface area contributed by atoms with E-state index >= 15 is 0 Å². The van der Waals surface area contributed by atoms with E-state index in [9.17, 15) is 9.59 Å². The Hall–Kier alpha value is -2.86. The molecule has 0 radical (unpaired) electrons. The Bertz CT molecular complexity index is 863. The van der Waals surface area contributed by atoms with Crippen LogP contribution in [0.2, 0.25) is 0 Å². The first-order chi connectivity index (χ1) is 12.1. The van der Waals surface area contributed by atoms with Gasteiger partial charge < -0.3 is 5.32 Å². The molecule has 0 saturated heterocycles. The van der Waals surface area contributed by atoms with Crippen molar-refractivity contribution in [3.63, 3.8) is 0 Å². The van der Waals surface area contributed by atoms with E-state index in [0.717, 1.165) is 0 Å². The molecular weight excluding hydrogens is 364 g/mol. The second-order valence-corrected chi connectivity index (χ2v) is 6.47. The Balaban J connectivity index is 1.52. The normalized spacial score (nSPS) is 10.4. The van der Waals surface area contributed by atoms with E-state index in [2.05, 4.69) is 36.4 Å². The number of nitrogens with one attached hydrogen (secondary N) is 2. The number of rotatable bonds is 6. The lowest BCUT2D eigenvalue weighted by molar-refractivity contribution is -0.113. The summed E-state index contributed by atoms with van der Waals surface area (Å²) in [7, 11) is 1.70. The highest BCUT2D eigenvalue weighted by Gasteiger charge is 2.10. The molecule has 3 rings (SSSR count). The summed E-state index contributed by atoms with van der Waals surface area (Å²) < 4.78 is 1.49. The van der Waals surface area contributed by atoms with Crippen LogP contribution < -0.4 is 10.6 Å². The lowest BCUT2D eigenvalue weighted by atomic mass is 10.2. The van der Waals surface area contributed by atoms with E-state index in [0.29, 0.717) is 21.5 Å². The van der Waals surface area contributed by atoms with Crippen LogP contribution in [0.25, 0.3) is 0 Å². The number of amides is 2. The third-order valence-corrected chi connectivity index (χ3v) is 4.54. The largest absolute Gasteiger partial charge is 0.325 e. The van der Waals surface area contributed by atoms with Crippen LogP contribution in [0.15, 0.2) is 34.9 Å². The van der Waals surface area contributed by atoms with Crippen molar-refractivity contribution in [3.8, 4) is 0 Å². The third kappa shape index (κ3) is 4.58. The number of nitrogens with zero attached hydrogens (tertiary/aromatic N) is 6. The van der Waals surface area contributed by atoms with Gasteiger partial charge in [0.15, 0.2) is 0 Å². The molecule has 0 bridgehead atoms. The van der Waals surface area contributed by atoms with Gasteiger partial charge in [-0.3, -0.25) is 14.9 Å². The topological polar surface area (TPSA) is 128 Å². The van der Waals surface area contributed by atoms with E-state index in [1.54, 1.807) is 31.3 Å². The average Bonchev–Trinajstić information content (AvgIpc) is 3.25. The summed E-state index contributed by atoms with van der Waals surface area (Å²) in [5.74, 6) is -0.313. The van der Waals surface area contributed by atoms with Crippen molar-refractivity contribution in [1.29, 1.82) is 0 Å². The highest BCUT2D eigenvalue weighted by molar-refractivity contribution is 7.99. The Morgan fingerprint density at radius 1 is 1.20 bits per heavy atom. The number of carbonyl (C=O) groups is 2. The van der Waals surface area contributed by atoms with Gasteiger partial charge in [-0.25, -0.2) is 4.68 Å². The Morgan fingerprint density at radius 3 is 2.64 bits per heavy atom. The summed E-state index contributed by atoms with van der Waals surface area (Å²) in [6.07, 6.45) is 0. The van der Waals surface area contributed by atoms with Gasteiger partial charge in [0.05, 0.1) is 5.75 Å². The molecule has 25 heavy (non-hydrogen) atoms. The van der Waals surface area contributed by atoms with Gasteiger partial charge in [0, 0.05) is 18.3 Å². The van der Waals surface area contributed by atoms with Crippen molar-refractivity contribution in [2.45, 2.75) is 5.16 Å². The zero-order valence-corrected chi connectivity index (χ0v) is 14.5. The molecule has 2 aromatic heterocycles. The van der Waals surface area contributed by atoms with Gasteiger partial charge in [-0.15, -0.1) is 15.3 Å². The van der Waals surface area contributed by atoms with E-state index in [-0.39, 0.29) is 17.6 Å². The summed E-state index contributed by atoms with van der Waals surface area (Å²) in [5.41, 5.74) is 2.57. The van der Waals surface area contributed by atoms with Gasteiger partial charge in [-0.1, -0.05) is 23.1 Å². The van der Waals surface area contributed by atoms with Gasteiger partial charge in [-0.2, -0.15) is 0 Å². The van der Waals surface area contributed by atoms with Gasteiger partial charge in [-0.05, 0) is 34.7 Å². The monoisotopic (exact) mass is 376 g/mol. The number of hydrogen-bond donors (Lipinski definition) is 2. The van der Waals surface area contributed by atoms with Crippen molar-refractivity contribution < 1.29 is 9.59 Å². The molecule has 0 spiro atoms. The lowest BCUT2D eigenvalue weighted by Crippen LogP contribution is -2.15. The highest BCUT2D eigenvalue weighted by Crippen LogP contribution is 2.15. The van der Waals surface area contributed by atoms with Gasteiger partial charge in [0.1, 0.15) is 5.51 Å². The van der Waals surface area contributed by atoms with Crippen molar-refractivity contribution in [3.05, 3.63) is 35.3 Å². The first-order valence-electron chi connectivity index (χ1n) is 6.94. The number of thioether (sulfide) groups is 1. The summed E-state index contributed by atoms with van der Waals surface area (Å²) in [6, 6.07) is 6.54. The number of tetrazole rings is 1. The minimum Gasteiger partial charge on any atom is -0.325 e. The maximum Gasteiger partial charge on any atom is 0.257 e. The average molecular weight is 376 g/mol. The number of hydrogen-bond acceptors (Lipinski definition) is 9. The van der Waals surface area contributed by atoms with Gasteiger partial charge >= 0.3 is 0 Å². The standard InChI is InChI=1S/C13H12N8O2S2/c1-21-13(18-19-20-21)24-6-10(22)15-9-4-2-8(3-5-9)11(23)16-12-17-14-7-25-12/h2-5,7H,6H2,1H3,(H,15,22)(H,16,17,23). The number of carbonyl (C=O) groups excluding carboxylic acids is 2. The molecule has 0 atom stereocenters. The van der Waals surface area contributed by atoms with Crippen LogP contribution >= 0.6 is 23.1 Å². The fourth-order valence-electron chi connectivity index (χ4n) is 1.77. The minimum atomic E-state index is -0.292. The highest BCUT2D eigenvalue weighted by atomic mass is 32.2. The molecule has 0 aliphatic carbocycles. The maximum atomic E-state index is 12.0. The molecule has 0 aliphatic rings. The second-order valence-electron chi connectivity index (χ2n) is 4.70. The molecule has 0 aliphatic heterocycles. The van der Waals surface area contributed by atoms with Crippen LogP contribution in [0, 0.1) is 0 Å². The maximum absolute atomic E-state index is 12.0. The predicted octanol–water partition coefficient (Wildman–Crippen LogP) is 1.04. The van der Waals surface area contributed by atoms with Crippen molar-refractivity contribution in [1.82, 2.24) is 30.4 Å². The lowest BCUT2D eigenvalue weighted by Gasteiger charge is -2.06. The van der Waals surface area contributed by atoms with Crippen LogP contribution in [-0.4, -0.2) is 48.0 Å². The molecule has 1 aromatic carbocycles. The zero-order valence-electron chi connectivity index (χ0n) is 12.9. The first-order valence-corrected chi connectivity index (χ1v) is 8.81. The summed E-state index contributed by atoms with van der Waals surface area (Å²) in [4.78, 5) is 24.0. The number of benzene rings is 1. The quantitative estimate of drug-likeness (QED) is 0.611. The molecule has 2 heterocycles. The minimum absolute atomic E-state index is 0.174. The Kier molecular flexibility index (Phi) is 5.30. The second kappa shape index (κ2) is 7.81. The smallest absolute Gasteiger partial charge is 0.257 e. The summed E-state index contributed by atoms with van der Waals surface area (Å²) in [6.45, 7) is 0. The SMILES string of the molecule is Cn1nnnc1SCC(=O)Nc1ccc(C(=O)Nc2nncs2)cc1. The molecular formula is C13H12N8O2S2. The van der Waals surface area contributed by atoms with Crippen molar-refractivity contribution in [2.75, 3.05) is 16.4 Å². The molecule has 3 aromatic rings. The number of anilines is 2. The molecule has 2 N–H and O–H groups in total. The summed E-state index contributed by atoms with van der Waals surface area (Å²) in [5, 5.41) is 24.7. The molecule has 0 unspecified atom stereocenters. The van der Waals surface area contributed by atoms with Crippen LogP contribution in [0.5, 0.6) is 0 Å². The van der Waals surface area contributed by atoms with Gasteiger partial charge in [0.2, 0.25) is 16.2 Å². The van der Waals surface area contributed by atoms with E-state index in [1.165, 1.54) is 33.3 Å². The van der Waals surface area contributed by atoms with Crippen LogP contribution in [0.4, 0.5) is 10.8 Å². The van der Waals surface area contributed by atoms with Crippen molar-refractivity contribution >= 4 is 45.7 Å². The molecule has 10 nitrogen and oxygen atoms in total. The molecule has 128 valence electrons. The van der Waals surface area contributed by atoms with E-state index in [1.807, 2.05) is 0 Å². The number of aryl methyl sites for hydroxylation is 1. The summed E-state index contributed by atoms with van der Waals surface area (Å²) >= 11 is 2.46. The van der Waals surface area contributed by atoms with Crippen LogP contribution in [0.3, 0.4) is 0 Å². The first kappa shape index (κ1) is 17.0. The Morgan fingerprint density at radius 2 is 2.00 bits per heavy atom. The van der Waals surface area contributed by atoms with Crippen LogP contribution in [0.1, 0.15) is 10.4 Å². The fraction of sp³-hybridized carbons (Fsp3) is 0.154. The van der Waals surface area contributed by atoms with E-state index in [4.69, 9.17) is 0 Å². The molecule has 2 amide bonds. The van der Waals surface area contributed by atoms with Gasteiger partial charge in [0.25, 0.3) is 5.91 Å². The zero-order chi connectivity index (χ0) is 17.6. The van der Waals surface area contributed by atoms with Crippen molar-refractivity contribution in [2.24, 2.45) is 7.05 Å². The Labute approximate surface area is 150 Å².